The molecule has 0 spiro atoms. The number of aryl methyl sites for hydroxylation is 2. The van der Waals surface area contributed by atoms with Crippen molar-refractivity contribution in [1.82, 2.24) is 14.8 Å². The SMILES string of the molecule is COc1nc(-c2cccc(-c3ccccc3C)c2Cl)cc2c1[C@H](N1CCC(CCN(C=O)CCO)C1)CC2. The maximum absolute atomic E-state index is 11.2. The Morgan fingerprint density at radius 3 is 2.68 bits per heavy atom. The first-order valence-corrected chi connectivity index (χ1v) is 13.9. The summed E-state index contributed by atoms with van der Waals surface area (Å²) in [7, 11) is 1.70. The number of hydrogen-bond acceptors (Lipinski definition) is 5. The van der Waals surface area contributed by atoms with Crippen molar-refractivity contribution in [3.63, 3.8) is 0 Å². The first-order valence-electron chi connectivity index (χ1n) is 13.5. The van der Waals surface area contributed by atoms with Crippen molar-refractivity contribution >= 4 is 18.0 Å². The molecule has 1 N–H and O–H groups in total. The zero-order valence-corrected chi connectivity index (χ0v) is 23.0. The summed E-state index contributed by atoms with van der Waals surface area (Å²) < 4.78 is 5.88. The van der Waals surface area contributed by atoms with Gasteiger partial charge in [-0.1, -0.05) is 54.1 Å². The van der Waals surface area contributed by atoms with E-state index in [9.17, 15) is 4.79 Å². The molecule has 1 aliphatic heterocycles. The minimum atomic E-state index is 0.00454. The Bertz CT molecular complexity index is 1300. The highest BCUT2D eigenvalue weighted by Crippen LogP contribution is 2.45. The molecule has 200 valence electrons. The highest BCUT2D eigenvalue weighted by atomic mass is 35.5. The summed E-state index contributed by atoms with van der Waals surface area (Å²) in [6.07, 6.45) is 4.95. The zero-order valence-electron chi connectivity index (χ0n) is 22.2. The summed E-state index contributed by atoms with van der Waals surface area (Å²) in [5, 5.41) is 9.85. The number of rotatable bonds is 10. The maximum atomic E-state index is 11.2. The number of benzene rings is 2. The predicted octanol–water partition coefficient (Wildman–Crippen LogP) is 5.54. The third-order valence-electron chi connectivity index (χ3n) is 8.15. The molecule has 7 heteroatoms. The normalized spacial score (nSPS) is 18.9. The molecule has 2 heterocycles. The van der Waals surface area contributed by atoms with E-state index in [2.05, 4.69) is 36.1 Å². The first-order chi connectivity index (χ1) is 18.5. The van der Waals surface area contributed by atoms with Crippen LogP contribution in [0.25, 0.3) is 22.4 Å². The largest absolute Gasteiger partial charge is 0.481 e. The van der Waals surface area contributed by atoms with Crippen molar-refractivity contribution in [3.05, 3.63) is 70.2 Å². The van der Waals surface area contributed by atoms with Crippen molar-refractivity contribution in [1.29, 1.82) is 0 Å². The minimum Gasteiger partial charge on any atom is -0.481 e. The Kier molecular flexibility index (Phi) is 8.32. The second-order valence-electron chi connectivity index (χ2n) is 10.4. The van der Waals surface area contributed by atoms with E-state index in [1.54, 1.807) is 12.0 Å². The van der Waals surface area contributed by atoms with Crippen LogP contribution < -0.4 is 4.74 Å². The van der Waals surface area contributed by atoms with Crippen molar-refractivity contribution in [3.8, 4) is 28.3 Å². The lowest BCUT2D eigenvalue weighted by Gasteiger charge is -2.26. The number of aromatic nitrogens is 1. The molecule has 5 rings (SSSR count). The van der Waals surface area contributed by atoms with Crippen LogP contribution in [0.4, 0.5) is 0 Å². The fourth-order valence-electron chi connectivity index (χ4n) is 6.13. The van der Waals surface area contributed by atoms with Crippen molar-refractivity contribution in [2.24, 2.45) is 5.92 Å². The number of aliphatic hydroxyl groups excluding tert-OH is 1. The summed E-state index contributed by atoms with van der Waals surface area (Å²) in [6, 6.07) is 16.9. The van der Waals surface area contributed by atoms with Crippen LogP contribution in [0.15, 0.2) is 48.5 Å². The number of amides is 1. The summed E-state index contributed by atoms with van der Waals surface area (Å²) in [5.41, 5.74) is 7.58. The van der Waals surface area contributed by atoms with E-state index in [1.165, 1.54) is 16.7 Å². The Labute approximate surface area is 230 Å². The Morgan fingerprint density at radius 2 is 1.92 bits per heavy atom. The number of methoxy groups -OCH3 is 1. The van der Waals surface area contributed by atoms with Gasteiger partial charge in [0.2, 0.25) is 12.3 Å². The molecule has 38 heavy (non-hydrogen) atoms. The lowest BCUT2D eigenvalue weighted by atomic mass is 9.97. The molecule has 2 atom stereocenters. The summed E-state index contributed by atoms with van der Waals surface area (Å²) in [5.74, 6) is 1.23. The van der Waals surface area contributed by atoms with Gasteiger partial charge in [-0.3, -0.25) is 9.69 Å². The number of aliphatic hydroxyl groups is 1. The standard InChI is InChI=1S/C31H36ClN3O3/c1-21-6-3-4-7-24(21)25-8-5-9-26(30(25)32)27-18-23-10-11-28(29(23)31(33-27)38-2)35-15-13-22(19-35)12-14-34(20-37)16-17-36/h3-9,18,20,22,28,36H,10-17,19H2,1-2H3/t22?,28-/m1/s1. The van der Waals surface area contributed by atoms with Crippen LogP contribution in [-0.2, 0) is 11.2 Å². The van der Waals surface area contributed by atoms with Crippen molar-refractivity contribution < 1.29 is 14.6 Å². The number of pyridine rings is 1. The van der Waals surface area contributed by atoms with Crippen LogP contribution in [0.5, 0.6) is 5.88 Å². The number of hydrogen-bond donors (Lipinski definition) is 1. The molecule has 0 radical (unpaired) electrons. The molecule has 1 fully saturated rings. The Morgan fingerprint density at radius 1 is 1.13 bits per heavy atom. The average molecular weight is 534 g/mol. The molecular formula is C31H36ClN3O3. The zero-order chi connectivity index (χ0) is 26.6. The van der Waals surface area contributed by atoms with Gasteiger partial charge < -0.3 is 14.7 Å². The molecule has 1 saturated heterocycles. The van der Waals surface area contributed by atoms with Gasteiger partial charge in [0.1, 0.15) is 0 Å². The fraction of sp³-hybridized carbons (Fsp3) is 0.419. The average Bonchev–Trinajstić information content (AvgIpc) is 3.58. The molecule has 6 nitrogen and oxygen atoms in total. The smallest absolute Gasteiger partial charge is 0.218 e. The molecular weight excluding hydrogens is 498 g/mol. The van der Waals surface area contributed by atoms with Gasteiger partial charge in [-0.25, -0.2) is 4.98 Å². The number of carbonyl (C=O) groups is 1. The van der Waals surface area contributed by atoms with E-state index >= 15 is 0 Å². The summed E-state index contributed by atoms with van der Waals surface area (Å²) >= 11 is 7.00. The van der Waals surface area contributed by atoms with Gasteiger partial charge in [-0.2, -0.15) is 0 Å². The lowest BCUT2D eigenvalue weighted by Crippen LogP contribution is -2.29. The number of nitrogens with zero attached hydrogens (tertiary/aromatic N) is 3. The molecule has 1 unspecified atom stereocenters. The molecule has 2 aliphatic rings. The van der Waals surface area contributed by atoms with Crippen LogP contribution in [-0.4, -0.2) is 66.2 Å². The van der Waals surface area contributed by atoms with E-state index in [0.717, 1.165) is 67.6 Å². The quantitative estimate of drug-likeness (QED) is 0.347. The molecule has 1 aliphatic carbocycles. The number of likely N-dealkylation sites (tertiary alicyclic amines) is 1. The second-order valence-corrected chi connectivity index (χ2v) is 10.8. The molecule has 1 amide bonds. The first kappa shape index (κ1) is 26.7. The van der Waals surface area contributed by atoms with Gasteiger partial charge in [-0.05, 0) is 67.8 Å². The van der Waals surface area contributed by atoms with E-state index in [0.29, 0.717) is 36.0 Å². The molecule has 3 aromatic rings. The summed E-state index contributed by atoms with van der Waals surface area (Å²) in [4.78, 5) is 20.4. The Balaban J connectivity index is 1.38. The summed E-state index contributed by atoms with van der Waals surface area (Å²) in [6.45, 7) is 5.24. The van der Waals surface area contributed by atoms with Gasteiger partial charge in [0.05, 0.1) is 24.4 Å². The van der Waals surface area contributed by atoms with Gasteiger partial charge in [0.15, 0.2) is 0 Å². The number of ether oxygens (including phenoxy) is 1. The molecule has 0 saturated carbocycles. The van der Waals surface area contributed by atoms with Crippen LogP contribution >= 0.6 is 11.6 Å². The number of halogens is 1. The van der Waals surface area contributed by atoms with E-state index in [1.807, 2.05) is 24.3 Å². The van der Waals surface area contributed by atoms with Gasteiger partial charge >= 0.3 is 0 Å². The lowest BCUT2D eigenvalue weighted by molar-refractivity contribution is -0.118. The topological polar surface area (TPSA) is 65.9 Å². The maximum Gasteiger partial charge on any atom is 0.218 e. The van der Waals surface area contributed by atoms with Crippen molar-refractivity contribution in [2.45, 2.75) is 38.6 Å². The second kappa shape index (κ2) is 11.9. The van der Waals surface area contributed by atoms with Crippen LogP contribution in [0, 0.1) is 12.8 Å². The number of carbonyl (C=O) groups excluding carboxylic acids is 1. The highest BCUT2D eigenvalue weighted by molar-refractivity contribution is 6.36. The minimum absolute atomic E-state index is 0.00454. The third kappa shape index (κ3) is 5.31. The van der Waals surface area contributed by atoms with Crippen LogP contribution in [0.2, 0.25) is 5.02 Å². The molecule has 1 aromatic heterocycles. The van der Waals surface area contributed by atoms with E-state index in [4.69, 9.17) is 26.4 Å². The monoisotopic (exact) mass is 533 g/mol. The Hall–Kier alpha value is -2.93. The van der Waals surface area contributed by atoms with Gasteiger partial charge in [-0.15, -0.1) is 0 Å². The van der Waals surface area contributed by atoms with Crippen LogP contribution in [0.3, 0.4) is 0 Å². The number of fused-ring (bicyclic) bond motifs is 1. The third-order valence-corrected chi connectivity index (χ3v) is 8.56. The molecule has 2 aromatic carbocycles. The predicted molar refractivity (Wildman–Crippen MR) is 151 cm³/mol. The van der Waals surface area contributed by atoms with Gasteiger partial charge in [0.25, 0.3) is 0 Å². The fourth-order valence-corrected chi connectivity index (χ4v) is 6.45. The molecule has 0 bridgehead atoms. The highest BCUT2D eigenvalue weighted by Gasteiger charge is 2.36. The van der Waals surface area contributed by atoms with Gasteiger partial charge in [0, 0.05) is 42.4 Å². The van der Waals surface area contributed by atoms with E-state index in [-0.39, 0.29) is 6.61 Å². The van der Waals surface area contributed by atoms with E-state index < -0.39 is 0 Å². The van der Waals surface area contributed by atoms with Crippen molar-refractivity contribution in [2.75, 3.05) is 39.9 Å². The van der Waals surface area contributed by atoms with Crippen LogP contribution in [0.1, 0.15) is 42.0 Å².